The molecule has 1 atom stereocenters. The van der Waals surface area contributed by atoms with E-state index in [9.17, 15) is 14.9 Å². The number of amides is 1. The fraction of sp³-hybridized carbons (Fsp3) is 0.200. The summed E-state index contributed by atoms with van der Waals surface area (Å²) in [5.41, 5.74) is 0.354. The highest BCUT2D eigenvalue weighted by atomic mass is 35.5. The number of benzene rings is 1. The largest absolute Gasteiger partial charge is 0.334 e. The Hall–Kier alpha value is -1.60. The zero-order valence-electron chi connectivity index (χ0n) is 13.0. The van der Waals surface area contributed by atoms with Crippen molar-refractivity contribution in [2.75, 3.05) is 7.05 Å². The first-order valence-corrected chi connectivity index (χ1v) is 8.37. The van der Waals surface area contributed by atoms with Gasteiger partial charge in [-0.1, -0.05) is 58.5 Å². The van der Waals surface area contributed by atoms with Crippen LogP contribution >= 0.6 is 46.4 Å². The molecule has 2 aromatic rings. The van der Waals surface area contributed by atoms with Crippen molar-refractivity contribution in [2.45, 2.75) is 13.0 Å². The van der Waals surface area contributed by atoms with E-state index >= 15 is 0 Å². The highest BCUT2D eigenvalue weighted by molar-refractivity contribution is 6.52. The van der Waals surface area contributed by atoms with Gasteiger partial charge in [0.2, 0.25) is 0 Å². The Labute approximate surface area is 163 Å². The van der Waals surface area contributed by atoms with Crippen LogP contribution in [-0.4, -0.2) is 27.8 Å². The Bertz CT molecular complexity index is 860. The summed E-state index contributed by atoms with van der Waals surface area (Å²) in [4.78, 5) is 28.3. The van der Waals surface area contributed by atoms with Crippen LogP contribution in [0.25, 0.3) is 0 Å². The maximum absolute atomic E-state index is 12.7. The van der Waals surface area contributed by atoms with Gasteiger partial charge in [0.25, 0.3) is 11.6 Å². The van der Waals surface area contributed by atoms with Crippen LogP contribution in [0.1, 0.15) is 29.0 Å². The normalized spacial score (nSPS) is 11.9. The molecule has 0 unspecified atom stereocenters. The van der Waals surface area contributed by atoms with Gasteiger partial charge in [0, 0.05) is 19.2 Å². The van der Waals surface area contributed by atoms with Crippen LogP contribution < -0.4 is 0 Å². The van der Waals surface area contributed by atoms with E-state index < -0.39 is 16.9 Å². The highest BCUT2D eigenvalue weighted by Gasteiger charge is 2.26. The third-order valence-electron chi connectivity index (χ3n) is 3.65. The minimum absolute atomic E-state index is 0.0423. The quantitative estimate of drug-likeness (QED) is 0.373. The molecule has 0 saturated carbocycles. The monoisotopic (exact) mass is 421 g/mol. The summed E-state index contributed by atoms with van der Waals surface area (Å²) in [6.45, 7) is 1.71. The number of aromatic nitrogens is 1. The lowest BCUT2D eigenvalue weighted by molar-refractivity contribution is -0.384. The van der Waals surface area contributed by atoms with Gasteiger partial charge in [0.1, 0.15) is 10.8 Å². The molecule has 0 saturated heterocycles. The SMILES string of the molecule is C[C@@H](c1cccc([N+](=O)[O-])c1)N(C)C(=O)c1nc(Cl)c(Cl)c(Cl)c1Cl. The summed E-state index contributed by atoms with van der Waals surface area (Å²) in [6, 6.07) is 5.50. The molecule has 1 aromatic carbocycles. The van der Waals surface area contributed by atoms with Crippen LogP contribution in [-0.2, 0) is 0 Å². The van der Waals surface area contributed by atoms with Crippen molar-refractivity contribution in [3.05, 3.63) is 65.9 Å². The number of halogens is 4. The molecule has 0 aliphatic carbocycles. The predicted octanol–water partition coefficient (Wildman–Crippen LogP) is 5.44. The summed E-state index contributed by atoms with van der Waals surface area (Å²) in [5, 5.41) is 10.5. The molecule has 132 valence electrons. The number of nitro groups is 1. The second kappa shape index (κ2) is 7.74. The van der Waals surface area contributed by atoms with E-state index in [0.717, 1.165) is 0 Å². The van der Waals surface area contributed by atoms with Gasteiger partial charge < -0.3 is 4.90 Å². The second-order valence-corrected chi connectivity index (χ2v) is 6.63. The smallest absolute Gasteiger partial charge is 0.274 e. The van der Waals surface area contributed by atoms with E-state index in [1.165, 1.54) is 24.1 Å². The number of carbonyl (C=O) groups excluding carboxylic acids is 1. The molecule has 0 N–H and O–H groups in total. The van der Waals surface area contributed by atoms with Crippen molar-refractivity contribution in [1.29, 1.82) is 0 Å². The molecular weight excluding hydrogens is 412 g/mol. The van der Waals surface area contributed by atoms with Crippen molar-refractivity contribution in [1.82, 2.24) is 9.88 Å². The van der Waals surface area contributed by atoms with Crippen molar-refractivity contribution in [2.24, 2.45) is 0 Å². The van der Waals surface area contributed by atoms with Crippen LogP contribution in [0.15, 0.2) is 24.3 Å². The average molecular weight is 423 g/mol. The maximum Gasteiger partial charge on any atom is 0.274 e. The van der Waals surface area contributed by atoms with E-state index in [0.29, 0.717) is 5.56 Å². The molecule has 0 bridgehead atoms. The first kappa shape index (κ1) is 19.7. The van der Waals surface area contributed by atoms with Crippen molar-refractivity contribution in [3.8, 4) is 0 Å². The van der Waals surface area contributed by atoms with Gasteiger partial charge in [-0.05, 0) is 12.5 Å². The topological polar surface area (TPSA) is 76.3 Å². The molecule has 2 rings (SSSR count). The first-order chi connectivity index (χ1) is 11.6. The molecule has 6 nitrogen and oxygen atoms in total. The summed E-state index contributed by atoms with van der Waals surface area (Å²) >= 11 is 23.7. The van der Waals surface area contributed by atoms with Crippen molar-refractivity contribution in [3.63, 3.8) is 0 Å². The lowest BCUT2D eigenvalue weighted by Crippen LogP contribution is -2.30. The van der Waals surface area contributed by atoms with Crippen LogP contribution in [0.2, 0.25) is 20.2 Å². The molecule has 0 spiro atoms. The Morgan fingerprint density at radius 2 is 1.84 bits per heavy atom. The molecule has 10 heteroatoms. The number of carbonyl (C=O) groups is 1. The van der Waals surface area contributed by atoms with Gasteiger partial charge >= 0.3 is 0 Å². The van der Waals surface area contributed by atoms with E-state index in [4.69, 9.17) is 46.4 Å². The number of hydrogen-bond acceptors (Lipinski definition) is 4. The fourth-order valence-corrected chi connectivity index (χ4v) is 2.90. The molecular formula is C15H11Cl4N3O3. The van der Waals surface area contributed by atoms with Crippen molar-refractivity contribution < 1.29 is 9.72 Å². The first-order valence-electron chi connectivity index (χ1n) is 6.86. The van der Waals surface area contributed by atoms with Crippen molar-refractivity contribution >= 4 is 58.0 Å². The molecule has 1 aromatic heterocycles. The van der Waals surface area contributed by atoms with E-state index in [2.05, 4.69) is 4.98 Å². The third kappa shape index (κ3) is 3.98. The molecule has 0 aliphatic heterocycles. The zero-order valence-corrected chi connectivity index (χ0v) is 16.0. The third-order valence-corrected chi connectivity index (χ3v) is 5.33. The highest BCUT2D eigenvalue weighted by Crippen LogP contribution is 2.37. The maximum atomic E-state index is 12.7. The minimum Gasteiger partial charge on any atom is -0.334 e. The number of pyridine rings is 1. The van der Waals surface area contributed by atoms with Crippen LogP contribution in [0, 0.1) is 10.1 Å². The molecule has 1 heterocycles. The summed E-state index contributed by atoms with van der Waals surface area (Å²) < 4.78 is 0. The lowest BCUT2D eigenvalue weighted by Gasteiger charge is -2.25. The molecule has 1 amide bonds. The Kier molecular flexibility index (Phi) is 6.11. The van der Waals surface area contributed by atoms with Gasteiger partial charge in [-0.3, -0.25) is 14.9 Å². The lowest BCUT2D eigenvalue weighted by atomic mass is 10.1. The standard InChI is InChI=1S/C15H11Cl4N3O3/c1-7(8-4-3-5-9(6-8)22(24)25)21(2)15(23)13-11(17)10(16)12(18)14(19)20-13/h3-7H,1-2H3/t7-/m0/s1. The number of nitrogens with zero attached hydrogens (tertiary/aromatic N) is 3. The second-order valence-electron chi connectivity index (χ2n) is 5.14. The summed E-state index contributed by atoms with van der Waals surface area (Å²) in [6.07, 6.45) is 0. The zero-order chi connectivity index (χ0) is 18.9. The summed E-state index contributed by atoms with van der Waals surface area (Å²) in [7, 11) is 1.51. The number of hydrogen-bond donors (Lipinski definition) is 0. The van der Waals surface area contributed by atoms with Gasteiger partial charge in [-0.25, -0.2) is 4.98 Å². The van der Waals surface area contributed by atoms with Crippen LogP contribution in [0.5, 0.6) is 0 Å². The molecule has 0 aliphatic rings. The van der Waals surface area contributed by atoms with Gasteiger partial charge in [0.05, 0.1) is 26.0 Å². The molecule has 25 heavy (non-hydrogen) atoms. The Morgan fingerprint density at radius 3 is 2.44 bits per heavy atom. The van der Waals surface area contributed by atoms with E-state index in [-0.39, 0.29) is 31.6 Å². The number of nitro benzene ring substituents is 1. The van der Waals surface area contributed by atoms with Gasteiger partial charge in [-0.2, -0.15) is 0 Å². The number of non-ortho nitro benzene ring substituents is 1. The van der Waals surface area contributed by atoms with Crippen LogP contribution in [0.3, 0.4) is 0 Å². The molecule has 0 radical (unpaired) electrons. The Balaban J connectivity index is 2.37. The Morgan fingerprint density at radius 1 is 1.20 bits per heavy atom. The number of rotatable bonds is 4. The fourth-order valence-electron chi connectivity index (χ4n) is 2.09. The van der Waals surface area contributed by atoms with E-state index in [1.807, 2.05) is 0 Å². The van der Waals surface area contributed by atoms with Crippen LogP contribution in [0.4, 0.5) is 5.69 Å². The predicted molar refractivity (Wildman–Crippen MR) is 97.9 cm³/mol. The van der Waals surface area contributed by atoms with Gasteiger partial charge in [0.15, 0.2) is 0 Å². The molecule has 0 fully saturated rings. The minimum atomic E-state index is -0.551. The van der Waals surface area contributed by atoms with E-state index in [1.54, 1.807) is 19.1 Å². The summed E-state index contributed by atoms with van der Waals surface area (Å²) in [5.74, 6) is -0.551. The average Bonchev–Trinajstić information content (AvgIpc) is 2.61. The van der Waals surface area contributed by atoms with Gasteiger partial charge in [-0.15, -0.1) is 0 Å².